The van der Waals surface area contributed by atoms with Gasteiger partial charge in [-0.2, -0.15) is 5.10 Å². The Labute approximate surface area is 188 Å². The number of Topliss-reactive ketones (excluding diaryl/α,β-unsaturated/α-hetero) is 1. The Bertz CT molecular complexity index is 1130. The predicted octanol–water partition coefficient (Wildman–Crippen LogP) is 4.61. The van der Waals surface area contributed by atoms with Crippen molar-refractivity contribution in [3.8, 4) is 11.5 Å². The lowest BCUT2D eigenvalue weighted by Crippen LogP contribution is -2.18. The molecule has 0 radical (unpaired) electrons. The minimum Gasteiger partial charge on any atom is -0.486 e. The highest BCUT2D eigenvalue weighted by Gasteiger charge is 2.16. The number of nitrogens with one attached hydrogen (secondary N) is 1. The van der Waals surface area contributed by atoms with Crippen LogP contribution in [0.3, 0.4) is 0 Å². The highest BCUT2D eigenvalue weighted by atomic mass is 35.5. The van der Waals surface area contributed by atoms with Crippen molar-refractivity contribution in [1.29, 1.82) is 0 Å². The van der Waals surface area contributed by atoms with Gasteiger partial charge in [0.15, 0.2) is 17.3 Å². The van der Waals surface area contributed by atoms with Gasteiger partial charge in [-0.3, -0.25) is 9.59 Å². The first-order valence-electron chi connectivity index (χ1n) is 9.68. The summed E-state index contributed by atoms with van der Waals surface area (Å²) in [6.07, 6.45) is 1.69. The van der Waals surface area contributed by atoms with Gasteiger partial charge >= 0.3 is 0 Å². The zero-order valence-corrected chi connectivity index (χ0v) is 17.9. The second kappa shape index (κ2) is 9.41. The van der Waals surface area contributed by atoms with Crippen LogP contribution in [0.1, 0.15) is 28.8 Å². The number of amides is 1. The second-order valence-electron chi connectivity index (χ2n) is 6.92. The smallest absolute Gasteiger partial charge is 0.225 e. The summed E-state index contributed by atoms with van der Waals surface area (Å²) >= 11 is 12.3. The molecule has 2 aromatic carbocycles. The Hall–Kier alpha value is -3.03. The molecule has 1 aliphatic heterocycles. The average molecular weight is 460 g/mol. The van der Waals surface area contributed by atoms with Crippen molar-refractivity contribution in [1.82, 2.24) is 9.78 Å². The van der Waals surface area contributed by atoms with Gasteiger partial charge < -0.3 is 14.8 Å². The van der Waals surface area contributed by atoms with Crippen molar-refractivity contribution in [3.63, 3.8) is 0 Å². The predicted molar refractivity (Wildman–Crippen MR) is 117 cm³/mol. The molecule has 7 nitrogen and oxygen atoms in total. The molecule has 0 unspecified atom stereocenters. The van der Waals surface area contributed by atoms with Crippen LogP contribution in [0.2, 0.25) is 10.0 Å². The van der Waals surface area contributed by atoms with Crippen LogP contribution in [0.5, 0.6) is 11.5 Å². The molecule has 160 valence electrons. The number of nitrogens with zero attached hydrogens (tertiary/aromatic N) is 2. The van der Waals surface area contributed by atoms with Crippen LogP contribution in [-0.4, -0.2) is 34.7 Å². The number of hydrogen-bond donors (Lipinski definition) is 1. The summed E-state index contributed by atoms with van der Waals surface area (Å²) in [6.45, 7) is 1.28. The van der Waals surface area contributed by atoms with Gasteiger partial charge in [0.2, 0.25) is 5.91 Å². The number of hydrogen-bond acceptors (Lipinski definition) is 5. The number of rotatable bonds is 7. The first-order valence-corrected chi connectivity index (χ1v) is 10.4. The van der Waals surface area contributed by atoms with Crippen molar-refractivity contribution in [2.75, 3.05) is 18.5 Å². The Morgan fingerprint density at radius 2 is 1.84 bits per heavy atom. The minimum absolute atomic E-state index is 0.0381. The van der Waals surface area contributed by atoms with Crippen LogP contribution in [0.25, 0.3) is 0 Å². The van der Waals surface area contributed by atoms with Crippen LogP contribution >= 0.6 is 23.2 Å². The zero-order valence-electron chi connectivity index (χ0n) is 16.4. The normalized spacial score (nSPS) is 12.5. The van der Waals surface area contributed by atoms with E-state index in [0.717, 1.165) is 5.56 Å². The molecule has 4 rings (SSSR count). The Morgan fingerprint density at radius 1 is 1.03 bits per heavy atom. The molecule has 0 bridgehead atoms. The average Bonchev–Trinajstić information content (AvgIpc) is 3.21. The van der Waals surface area contributed by atoms with E-state index in [1.807, 2.05) is 6.07 Å². The van der Waals surface area contributed by atoms with E-state index >= 15 is 0 Å². The third-order valence-electron chi connectivity index (χ3n) is 4.78. The summed E-state index contributed by atoms with van der Waals surface area (Å²) in [4.78, 5) is 24.9. The molecule has 31 heavy (non-hydrogen) atoms. The van der Waals surface area contributed by atoms with E-state index in [1.165, 1.54) is 0 Å². The summed E-state index contributed by atoms with van der Waals surface area (Å²) in [5.74, 6) is 1.24. The van der Waals surface area contributed by atoms with Crippen molar-refractivity contribution >= 4 is 40.7 Å². The lowest BCUT2D eigenvalue weighted by Gasteiger charge is -2.18. The number of ketones is 1. The summed E-state index contributed by atoms with van der Waals surface area (Å²) in [7, 11) is 0. The van der Waals surface area contributed by atoms with Gasteiger partial charge in [-0.05, 0) is 29.8 Å². The van der Waals surface area contributed by atoms with Crippen LogP contribution in [0.4, 0.5) is 5.82 Å². The van der Waals surface area contributed by atoms with E-state index in [0.29, 0.717) is 52.7 Å². The highest BCUT2D eigenvalue weighted by molar-refractivity contribution is 6.42. The van der Waals surface area contributed by atoms with Gasteiger partial charge in [-0.15, -0.1) is 0 Å². The number of ether oxygens (including phenoxy) is 2. The third kappa shape index (κ3) is 5.00. The van der Waals surface area contributed by atoms with Gasteiger partial charge in [-0.1, -0.05) is 35.3 Å². The van der Waals surface area contributed by atoms with Crippen LogP contribution < -0.4 is 14.8 Å². The van der Waals surface area contributed by atoms with Crippen molar-refractivity contribution < 1.29 is 19.1 Å². The fraction of sp³-hybridized carbons (Fsp3) is 0.227. The number of halogens is 2. The van der Waals surface area contributed by atoms with E-state index in [2.05, 4.69) is 10.4 Å². The standard InChI is InChI=1S/C22H19Cl2N3O4/c23-16-3-1-2-15(22(16)24)13-27-20(8-9-25-27)26-21(29)7-5-17(28)14-4-6-18-19(12-14)31-11-10-30-18/h1-4,6,8-9,12H,5,7,10-11,13H2,(H,26,29). The molecular formula is C22H19Cl2N3O4. The third-order valence-corrected chi connectivity index (χ3v) is 5.64. The second-order valence-corrected chi connectivity index (χ2v) is 7.70. The Balaban J connectivity index is 1.35. The lowest BCUT2D eigenvalue weighted by atomic mass is 10.1. The quantitative estimate of drug-likeness (QED) is 0.521. The molecule has 1 aliphatic rings. The van der Waals surface area contributed by atoms with Crippen LogP contribution in [0.15, 0.2) is 48.7 Å². The molecule has 0 saturated heterocycles. The van der Waals surface area contributed by atoms with Crippen molar-refractivity contribution in [3.05, 3.63) is 69.8 Å². The number of anilines is 1. The molecule has 2 heterocycles. The van der Waals surface area contributed by atoms with Crippen molar-refractivity contribution in [2.24, 2.45) is 0 Å². The van der Waals surface area contributed by atoms with E-state index in [1.54, 1.807) is 47.3 Å². The molecular weight excluding hydrogens is 441 g/mol. The van der Waals surface area contributed by atoms with Gasteiger partial charge in [0, 0.05) is 24.5 Å². The first-order chi connectivity index (χ1) is 15.0. The number of aromatic nitrogens is 2. The molecule has 1 N–H and O–H groups in total. The minimum atomic E-state index is -0.287. The van der Waals surface area contributed by atoms with E-state index < -0.39 is 0 Å². The number of carbonyl (C=O) groups excluding carboxylic acids is 2. The summed E-state index contributed by atoms with van der Waals surface area (Å²) in [5.41, 5.74) is 1.26. The summed E-state index contributed by atoms with van der Waals surface area (Å²) < 4.78 is 12.6. The molecule has 0 spiro atoms. The maximum atomic E-state index is 12.5. The maximum absolute atomic E-state index is 12.5. The number of fused-ring (bicyclic) bond motifs is 1. The lowest BCUT2D eigenvalue weighted by molar-refractivity contribution is -0.116. The Kier molecular flexibility index (Phi) is 6.44. The van der Waals surface area contributed by atoms with Crippen molar-refractivity contribution in [2.45, 2.75) is 19.4 Å². The van der Waals surface area contributed by atoms with E-state index in [4.69, 9.17) is 32.7 Å². The summed E-state index contributed by atoms with van der Waals surface area (Å²) in [6, 6.07) is 12.1. The van der Waals surface area contributed by atoms with E-state index in [-0.39, 0.29) is 24.5 Å². The molecule has 1 amide bonds. The molecule has 1 aromatic heterocycles. The first kappa shape index (κ1) is 21.2. The van der Waals surface area contributed by atoms with E-state index in [9.17, 15) is 9.59 Å². The monoisotopic (exact) mass is 459 g/mol. The summed E-state index contributed by atoms with van der Waals surface area (Å²) in [5, 5.41) is 7.92. The van der Waals surface area contributed by atoms with Gasteiger partial charge in [0.05, 0.1) is 22.8 Å². The highest BCUT2D eigenvalue weighted by Crippen LogP contribution is 2.31. The fourth-order valence-corrected chi connectivity index (χ4v) is 3.57. The molecule has 9 heteroatoms. The molecule has 0 saturated carbocycles. The fourth-order valence-electron chi connectivity index (χ4n) is 3.19. The topological polar surface area (TPSA) is 82.5 Å². The maximum Gasteiger partial charge on any atom is 0.225 e. The SMILES string of the molecule is O=C(CCC(=O)c1ccc2c(c1)OCCO2)Nc1ccnn1Cc1cccc(Cl)c1Cl. The van der Waals surface area contributed by atoms with Gasteiger partial charge in [-0.25, -0.2) is 4.68 Å². The van der Waals surface area contributed by atoms with Gasteiger partial charge in [0.1, 0.15) is 19.0 Å². The molecule has 0 fully saturated rings. The Morgan fingerprint density at radius 3 is 2.68 bits per heavy atom. The van der Waals surface area contributed by atoms with Gasteiger partial charge in [0.25, 0.3) is 0 Å². The zero-order chi connectivity index (χ0) is 21.8. The molecule has 0 aliphatic carbocycles. The molecule has 0 atom stereocenters. The van der Waals surface area contributed by atoms with Crippen LogP contribution in [0, 0.1) is 0 Å². The number of benzene rings is 2. The largest absolute Gasteiger partial charge is 0.486 e. The molecule has 3 aromatic rings. The van der Waals surface area contributed by atoms with Crippen LogP contribution in [-0.2, 0) is 11.3 Å². The number of carbonyl (C=O) groups is 2.